The van der Waals surface area contributed by atoms with Crippen LogP contribution in [0, 0.1) is 5.92 Å². The quantitative estimate of drug-likeness (QED) is 0.546. The van der Waals surface area contributed by atoms with E-state index in [1.807, 2.05) is 7.05 Å². The summed E-state index contributed by atoms with van der Waals surface area (Å²) < 4.78 is 0. The first kappa shape index (κ1) is 21.6. The lowest BCUT2D eigenvalue weighted by molar-refractivity contribution is -0.139. The Morgan fingerprint density at radius 3 is 2.41 bits per heavy atom. The van der Waals surface area contributed by atoms with Crippen molar-refractivity contribution in [1.29, 1.82) is 0 Å². The highest BCUT2D eigenvalue weighted by Crippen LogP contribution is 2.28. The molecule has 0 aromatic heterocycles. The molecular formula is C23H37N5O. The van der Waals surface area contributed by atoms with Crippen LogP contribution >= 0.6 is 0 Å². The van der Waals surface area contributed by atoms with E-state index in [1.165, 1.54) is 12.0 Å². The van der Waals surface area contributed by atoms with Crippen molar-refractivity contribution < 1.29 is 4.79 Å². The molecule has 2 unspecified atom stereocenters. The molecule has 0 spiro atoms. The molecule has 1 saturated heterocycles. The zero-order valence-corrected chi connectivity index (χ0v) is 18.2. The van der Waals surface area contributed by atoms with Gasteiger partial charge in [-0.2, -0.15) is 0 Å². The largest absolute Gasteiger partial charge is 0.355 e. The average molecular weight is 400 g/mol. The van der Waals surface area contributed by atoms with Crippen LogP contribution in [0.15, 0.2) is 35.3 Å². The first-order chi connectivity index (χ1) is 14.1. The molecule has 0 bridgehead atoms. The summed E-state index contributed by atoms with van der Waals surface area (Å²) in [6.07, 6.45) is 3.41. The van der Waals surface area contributed by atoms with Crippen LogP contribution in [0.25, 0.3) is 0 Å². The van der Waals surface area contributed by atoms with Gasteiger partial charge in [0.2, 0.25) is 5.91 Å². The molecule has 2 aliphatic rings. The number of hydrogen-bond acceptors (Lipinski definition) is 3. The zero-order valence-electron chi connectivity index (χ0n) is 18.2. The molecular weight excluding hydrogens is 362 g/mol. The number of rotatable bonds is 7. The Morgan fingerprint density at radius 2 is 1.83 bits per heavy atom. The number of nitrogens with zero attached hydrogens (tertiary/aromatic N) is 3. The van der Waals surface area contributed by atoms with Crippen LogP contribution in [-0.2, 0) is 4.79 Å². The van der Waals surface area contributed by atoms with E-state index in [1.54, 1.807) is 0 Å². The first-order valence-electron chi connectivity index (χ1n) is 11.1. The summed E-state index contributed by atoms with van der Waals surface area (Å²) in [7, 11) is 1.82. The molecule has 6 heteroatoms. The van der Waals surface area contributed by atoms with Crippen LogP contribution in [0.1, 0.15) is 44.6 Å². The van der Waals surface area contributed by atoms with Crippen LogP contribution in [0.5, 0.6) is 0 Å². The van der Waals surface area contributed by atoms with Gasteiger partial charge in [-0.3, -0.25) is 14.7 Å². The van der Waals surface area contributed by atoms with E-state index < -0.39 is 0 Å². The summed E-state index contributed by atoms with van der Waals surface area (Å²) in [5.74, 6) is 1.95. The van der Waals surface area contributed by atoms with Crippen molar-refractivity contribution in [3.05, 3.63) is 35.9 Å². The summed E-state index contributed by atoms with van der Waals surface area (Å²) in [5.41, 5.74) is 1.33. The molecule has 1 saturated carbocycles. The van der Waals surface area contributed by atoms with Gasteiger partial charge in [0.25, 0.3) is 0 Å². The molecule has 2 atom stereocenters. The Morgan fingerprint density at radius 1 is 1.14 bits per heavy atom. The molecule has 1 heterocycles. The number of hydrogen-bond donors (Lipinski definition) is 2. The second-order valence-electron chi connectivity index (χ2n) is 8.43. The Labute approximate surface area is 175 Å². The molecule has 3 rings (SSSR count). The first-order valence-corrected chi connectivity index (χ1v) is 11.1. The minimum absolute atomic E-state index is 0.282. The van der Waals surface area contributed by atoms with Gasteiger partial charge in [-0.25, -0.2) is 0 Å². The second kappa shape index (κ2) is 10.6. The van der Waals surface area contributed by atoms with Gasteiger partial charge < -0.3 is 15.5 Å². The van der Waals surface area contributed by atoms with E-state index >= 15 is 0 Å². The third-order valence-corrected chi connectivity index (χ3v) is 6.52. The van der Waals surface area contributed by atoms with Crippen LogP contribution in [0.3, 0.4) is 0 Å². The third kappa shape index (κ3) is 5.95. The standard InChI is InChI=1S/C23H37N5O/c1-18(20-8-5-4-6-9-20)19(2)26-23(24-3)25-12-13-27-14-16-28(17-15-27)22(29)21-10-7-11-21/h4-6,8-9,18-19,21H,7,10-17H2,1-3H3,(H2,24,25,26). The molecule has 1 aliphatic carbocycles. The Kier molecular flexibility index (Phi) is 7.92. The Balaban J connectivity index is 1.35. The average Bonchev–Trinajstić information content (AvgIpc) is 2.72. The van der Waals surface area contributed by atoms with E-state index in [-0.39, 0.29) is 6.04 Å². The third-order valence-electron chi connectivity index (χ3n) is 6.52. The van der Waals surface area contributed by atoms with Gasteiger partial charge >= 0.3 is 0 Å². The number of guanidine groups is 1. The maximum Gasteiger partial charge on any atom is 0.225 e. The molecule has 2 fully saturated rings. The summed E-state index contributed by atoms with van der Waals surface area (Å²) in [5, 5.41) is 6.96. The zero-order chi connectivity index (χ0) is 20.6. The summed E-state index contributed by atoms with van der Waals surface area (Å²) >= 11 is 0. The number of benzene rings is 1. The van der Waals surface area contributed by atoms with Crippen molar-refractivity contribution >= 4 is 11.9 Å². The number of piperazine rings is 1. The predicted octanol–water partition coefficient (Wildman–Crippen LogP) is 2.29. The molecule has 0 radical (unpaired) electrons. The molecule has 1 aromatic carbocycles. The van der Waals surface area contributed by atoms with Gasteiger partial charge in [-0.15, -0.1) is 0 Å². The predicted molar refractivity (Wildman–Crippen MR) is 119 cm³/mol. The maximum atomic E-state index is 12.4. The van der Waals surface area contributed by atoms with Gasteiger partial charge in [-0.05, 0) is 25.3 Å². The lowest BCUT2D eigenvalue weighted by atomic mass is 9.84. The van der Waals surface area contributed by atoms with E-state index in [9.17, 15) is 4.79 Å². The lowest BCUT2D eigenvalue weighted by Crippen LogP contribution is -2.53. The fraction of sp³-hybridized carbons (Fsp3) is 0.652. The lowest BCUT2D eigenvalue weighted by Gasteiger charge is -2.38. The number of nitrogens with one attached hydrogen (secondary N) is 2. The van der Waals surface area contributed by atoms with Crippen molar-refractivity contribution in [2.75, 3.05) is 46.3 Å². The van der Waals surface area contributed by atoms with Gasteiger partial charge in [0, 0.05) is 64.2 Å². The minimum Gasteiger partial charge on any atom is -0.355 e. The van der Waals surface area contributed by atoms with Gasteiger partial charge in [0.15, 0.2) is 5.96 Å². The molecule has 1 amide bonds. The fourth-order valence-corrected chi connectivity index (χ4v) is 4.02. The SMILES string of the molecule is CN=C(NCCN1CCN(C(=O)C2CCC2)CC1)NC(C)C(C)c1ccccc1. The van der Waals surface area contributed by atoms with E-state index in [0.717, 1.165) is 58.1 Å². The fourth-order valence-electron chi connectivity index (χ4n) is 4.02. The van der Waals surface area contributed by atoms with Crippen molar-refractivity contribution in [1.82, 2.24) is 20.4 Å². The molecule has 29 heavy (non-hydrogen) atoms. The molecule has 160 valence electrons. The highest BCUT2D eigenvalue weighted by molar-refractivity contribution is 5.80. The van der Waals surface area contributed by atoms with Crippen molar-refractivity contribution in [3.8, 4) is 0 Å². The monoisotopic (exact) mass is 399 g/mol. The Bertz CT molecular complexity index is 665. The van der Waals surface area contributed by atoms with Gasteiger partial charge in [-0.1, -0.05) is 43.7 Å². The van der Waals surface area contributed by atoms with Crippen LogP contribution in [0.4, 0.5) is 0 Å². The van der Waals surface area contributed by atoms with Gasteiger partial charge in [0.05, 0.1) is 0 Å². The number of amides is 1. The summed E-state index contributed by atoms with van der Waals surface area (Å²) in [6, 6.07) is 10.9. The number of carbonyl (C=O) groups excluding carboxylic acids is 1. The van der Waals surface area contributed by atoms with Crippen LogP contribution in [-0.4, -0.2) is 74.0 Å². The summed E-state index contributed by atoms with van der Waals surface area (Å²) in [4.78, 5) is 21.2. The summed E-state index contributed by atoms with van der Waals surface area (Å²) in [6.45, 7) is 9.92. The number of carbonyl (C=O) groups is 1. The van der Waals surface area contributed by atoms with E-state index in [0.29, 0.717) is 17.7 Å². The minimum atomic E-state index is 0.282. The maximum absolute atomic E-state index is 12.4. The van der Waals surface area contributed by atoms with Gasteiger partial charge in [0.1, 0.15) is 0 Å². The highest BCUT2D eigenvalue weighted by Gasteiger charge is 2.31. The van der Waals surface area contributed by atoms with Crippen LogP contribution in [0.2, 0.25) is 0 Å². The van der Waals surface area contributed by atoms with Crippen molar-refractivity contribution in [2.45, 2.75) is 45.1 Å². The second-order valence-corrected chi connectivity index (χ2v) is 8.43. The molecule has 2 N–H and O–H groups in total. The normalized spacial score (nSPS) is 20.7. The highest BCUT2D eigenvalue weighted by atomic mass is 16.2. The molecule has 6 nitrogen and oxygen atoms in total. The molecule has 1 aliphatic heterocycles. The van der Waals surface area contributed by atoms with E-state index in [4.69, 9.17) is 0 Å². The Hall–Kier alpha value is -2.08. The van der Waals surface area contributed by atoms with Crippen LogP contribution < -0.4 is 10.6 Å². The topological polar surface area (TPSA) is 60.0 Å². The van der Waals surface area contributed by atoms with Crippen molar-refractivity contribution in [2.24, 2.45) is 10.9 Å². The number of aliphatic imine (C=N–C) groups is 1. The smallest absolute Gasteiger partial charge is 0.225 e. The van der Waals surface area contributed by atoms with E-state index in [2.05, 4.69) is 69.6 Å². The molecule has 1 aromatic rings. The van der Waals surface area contributed by atoms with Crippen molar-refractivity contribution in [3.63, 3.8) is 0 Å².